The maximum Gasteiger partial charge on any atom is 0.140 e. The van der Waals surface area contributed by atoms with Gasteiger partial charge in [-0.1, -0.05) is 41.9 Å². The Kier molecular flexibility index (Phi) is 5.19. The minimum absolute atomic E-state index is 0.159. The molecule has 2 aromatic rings. The molecule has 0 aliphatic carbocycles. The third kappa shape index (κ3) is 4.10. The molecule has 3 heteroatoms. The number of carbonyl (C=O) groups excluding carboxylic acids is 1. The van der Waals surface area contributed by atoms with Gasteiger partial charge in [-0.25, -0.2) is 0 Å². The first-order valence-electron chi connectivity index (χ1n) is 6.60. The lowest BCUT2D eigenvalue weighted by molar-refractivity contribution is -0.118. The van der Waals surface area contributed by atoms with E-state index in [1.54, 1.807) is 0 Å². The van der Waals surface area contributed by atoms with Crippen LogP contribution in [-0.2, 0) is 11.2 Å². The van der Waals surface area contributed by atoms with Crippen LogP contribution in [0, 0.1) is 6.92 Å². The number of ketones is 1. The van der Waals surface area contributed by atoms with E-state index in [0.29, 0.717) is 24.5 Å². The van der Waals surface area contributed by atoms with Crippen molar-refractivity contribution in [2.45, 2.75) is 19.8 Å². The molecule has 0 N–H and O–H groups in total. The van der Waals surface area contributed by atoms with E-state index in [1.807, 2.05) is 55.5 Å². The van der Waals surface area contributed by atoms with Gasteiger partial charge >= 0.3 is 0 Å². The predicted molar refractivity (Wildman–Crippen MR) is 81.5 cm³/mol. The summed E-state index contributed by atoms with van der Waals surface area (Å²) in [5.74, 6) is 0.950. The number of halogens is 1. The van der Waals surface area contributed by atoms with Gasteiger partial charge in [0.15, 0.2) is 0 Å². The maximum atomic E-state index is 11.9. The number of rotatable bonds is 6. The van der Waals surface area contributed by atoms with Crippen LogP contribution in [0.5, 0.6) is 5.75 Å². The SMILES string of the molecule is Cc1c(Cl)cccc1CC(=O)CCOc1ccccc1. The molecule has 0 saturated heterocycles. The third-order valence-corrected chi connectivity index (χ3v) is 3.57. The molecule has 0 saturated carbocycles. The highest BCUT2D eigenvalue weighted by Crippen LogP contribution is 2.19. The molecule has 0 amide bonds. The van der Waals surface area contributed by atoms with Crippen molar-refractivity contribution < 1.29 is 9.53 Å². The first-order valence-corrected chi connectivity index (χ1v) is 6.98. The Morgan fingerprint density at radius 1 is 1.10 bits per heavy atom. The Hall–Kier alpha value is -1.80. The van der Waals surface area contributed by atoms with E-state index in [0.717, 1.165) is 16.9 Å². The summed E-state index contributed by atoms with van der Waals surface area (Å²) in [6.07, 6.45) is 0.811. The third-order valence-electron chi connectivity index (χ3n) is 3.16. The molecule has 0 bridgehead atoms. The first kappa shape index (κ1) is 14.6. The van der Waals surface area contributed by atoms with Gasteiger partial charge in [-0.15, -0.1) is 0 Å². The Labute approximate surface area is 124 Å². The zero-order chi connectivity index (χ0) is 14.4. The Morgan fingerprint density at radius 2 is 1.85 bits per heavy atom. The second-order valence-corrected chi connectivity index (χ2v) is 5.06. The summed E-state index contributed by atoms with van der Waals surface area (Å²) in [7, 11) is 0. The van der Waals surface area contributed by atoms with Crippen LogP contribution in [0.25, 0.3) is 0 Å². The van der Waals surface area contributed by atoms with Gasteiger partial charge < -0.3 is 4.74 Å². The molecule has 104 valence electrons. The largest absolute Gasteiger partial charge is 0.493 e. The standard InChI is InChI=1S/C17H17ClO2/c1-13-14(6-5-9-17(13)18)12-15(19)10-11-20-16-7-3-2-4-8-16/h2-9H,10-12H2,1H3. The monoisotopic (exact) mass is 288 g/mol. The quantitative estimate of drug-likeness (QED) is 0.795. The van der Waals surface area contributed by atoms with Gasteiger partial charge in [-0.3, -0.25) is 4.79 Å². The first-order chi connectivity index (χ1) is 9.66. The molecular formula is C17H17ClO2. The topological polar surface area (TPSA) is 26.3 Å². The number of hydrogen-bond donors (Lipinski definition) is 0. The second kappa shape index (κ2) is 7.11. The van der Waals surface area contributed by atoms with Crippen molar-refractivity contribution in [3.05, 3.63) is 64.7 Å². The van der Waals surface area contributed by atoms with Gasteiger partial charge in [-0.2, -0.15) is 0 Å². The van der Waals surface area contributed by atoms with Crippen LogP contribution in [0.15, 0.2) is 48.5 Å². The smallest absolute Gasteiger partial charge is 0.140 e. The van der Waals surface area contributed by atoms with E-state index in [1.165, 1.54) is 0 Å². The van der Waals surface area contributed by atoms with Crippen LogP contribution in [0.3, 0.4) is 0 Å². The molecule has 2 aromatic carbocycles. The van der Waals surface area contributed by atoms with Crippen LogP contribution in [0.1, 0.15) is 17.5 Å². The van der Waals surface area contributed by atoms with Crippen molar-refractivity contribution in [1.82, 2.24) is 0 Å². The van der Waals surface area contributed by atoms with Gasteiger partial charge in [0.05, 0.1) is 6.61 Å². The molecule has 0 aliphatic heterocycles. The number of carbonyl (C=O) groups is 1. The molecule has 0 spiro atoms. The maximum absolute atomic E-state index is 11.9. The molecule has 0 fully saturated rings. The van der Waals surface area contributed by atoms with Crippen molar-refractivity contribution in [3.8, 4) is 5.75 Å². The van der Waals surface area contributed by atoms with Crippen molar-refractivity contribution in [3.63, 3.8) is 0 Å². The number of Topliss-reactive ketones (excluding diaryl/α,β-unsaturated/α-hetero) is 1. The predicted octanol–water partition coefficient (Wildman–Crippen LogP) is 4.23. The lowest BCUT2D eigenvalue weighted by Crippen LogP contribution is -2.09. The summed E-state index contributed by atoms with van der Waals surface area (Å²) >= 11 is 6.05. The summed E-state index contributed by atoms with van der Waals surface area (Å²) in [5.41, 5.74) is 1.97. The van der Waals surface area contributed by atoms with Gasteiger partial charge in [0.1, 0.15) is 11.5 Å². The fourth-order valence-electron chi connectivity index (χ4n) is 1.94. The van der Waals surface area contributed by atoms with E-state index in [-0.39, 0.29) is 5.78 Å². The highest BCUT2D eigenvalue weighted by atomic mass is 35.5. The lowest BCUT2D eigenvalue weighted by Gasteiger charge is -2.08. The molecule has 0 radical (unpaired) electrons. The molecule has 0 aliphatic rings. The molecule has 2 rings (SSSR count). The number of para-hydroxylation sites is 1. The molecule has 2 nitrogen and oxygen atoms in total. The van der Waals surface area contributed by atoms with E-state index in [4.69, 9.17) is 16.3 Å². The van der Waals surface area contributed by atoms with E-state index in [9.17, 15) is 4.79 Å². The van der Waals surface area contributed by atoms with Crippen LogP contribution < -0.4 is 4.74 Å². The van der Waals surface area contributed by atoms with Crippen LogP contribution in [-0.4, -0.2) is 12.4 Å². The summed E-state index contributed by atoms with van der Waals surface area (Å²) in [4.78, 5) is 11.9. The average molecular weight is 289 g/mol. The molecule has 20 heavy (non-hydrogen) atoms. The minimum Gasteiger partial charge on any atom is -0.493 e. The van der Waals surface area contributed by atoms with Gasteiger partial charge in [0, 0.05) is 17.9 Å². The fourth-order valence-corrected chi connectivity index (χ4v) is 2.14. The molecular weight excluding hydrogens is 272 g/mol. The summed E-state index contributed by atoms with van der Waals surface area (Å²) in [6.45, 7) is 2.34. The Morgan fingerprint density at radius 3 is 2.60 bits per heavy atom. The molecule has 0 atom stereocenters. The summed E-state index contributed by atoms with van der Waals surface area (Å²) in [6, 6.07) is 15.2. The highest BCUT2D eigenvalue weighted by Gasteiger charge is 2.08. The Bertz CT molecular complexity index is 579. The number of hydrogen-bond acceptors (Lipinski definition) is 2. The van der Waals surface area contributed by atoms with Crippen molar-refractivity contribution >= 4 is 17.4 Å². The van der Waals surface area contributed by atoms with Gasteiger partial charge in [-0.05, 0) is 36.2 Å². The second-order valence-electron chi connectivity index (χ2n) is 4.65. The van der Waals surface area contributed by atoms with E-state index in [2.05, 4.69) is 0 Å². The molecule has 0 aromatic heterocycles. The van der Waals surface area contributed by atoms with E-state index >= 15 is 0 Å². The lowest BCUT2D eigenvalue weighted by atomic mass is 10.0. The van der Waals surface area contributed by atoms with Crippen molar-refractivity contribution in [1.29, 1.82) is 0 Å². The number of benzene rings is 2. The fraction of sp³-hybridized carbons (Fsp3) is 0.235. The zero-order valence-corrected chi connectivity index (χ0v) is 12.2. The average Bonchev–Trinajstić information content (AvgIpc) is 2.45. The molecule has 0 heterocycles. The summed E-state index contributed by atoms with van der Waals surface area (Å²) < 4.78 is 5.52. The normalized spacial score (nSPS) is 10.3. The van der Waals surface area contributed by atoms with Gasteiger partial charge in [0.25, 0.3) is 0 Å². The van der Waals surface area contributed by atoms with Crippen molar-refractivity contribution in [2.24, 2.45) is 0 Å². The van der Waals surface area contributed by atoms with Crippen LogP contribution >= 0.6 is 11.6 Å². The number of ether oxygens (including phenoxy) is 1. The van der Waals surface area contributed by atoms with E-state index < -0.39 is 0 Å². The zero-order valence-electron chi connectivity index (χ0n) is 11.4. The minimum atomic E-state index is 0.159. The Balaban J connectivity index is 1.82. The van der Waals surface area contributed by atoms with Gasteiger partial charge in [0.2, 0.25) is 0 Å². The molecule has 0 unspecified atom stereocenters. The van der Waals surface area contributed by atoms with Crippen molar-refractivity contribution in [2.75, 3.05) is 6.61 Å². The van der Waals surface area contributed by atoms with Crippen LogP contribution in [0.4, 0.5) is 0 Å². The summed E-state index contributed by atoms with van der Waals surface area (Å²) in [5, 5.41) is 0.704. The van der Waals surface area contributed by atoms with Crippen LogP contribution in [0.2, 0.25) is 5.02 Å². The highest BCUT2D eigenvalue weighted by molar-refractivity contribution is 6.31.